The summed E-state index contributed by atoms with van der Waals surface area (Å²) in [4.78, 5) is 25.3. The van der Waals surface area contributed by atoms with Gasteiger partial charge in [-0.25, -0.2) is 4.79 Å². The number of aromatic carboxylic acids is 1. The Kier molecular flexibility index (Phi) is 2.65. The van der Waals surface area contributed by atoms with E-state index in [2.05, 4.69) is 20.5 Å². The van der Waals surface area contributed by atoms with Crippen LogP contribution in [0.15, 0.2) is 18.3 Å². The zero-order chi connectivity index (χ0) is 12.4. The molecular formula is C10H10N4O3. The van der Waals surface area contributed by atoms with E-state index in [0.717, 1.165) is 0 Å². The minimum Gasteiger partial charge on any atom is -0.477 e. The lowest BCUT2D eigenvalue weighted by molar-refractivity contribution is 0.0697. The lowest BCUT2D eigenvalue weighted by Gasteiger charge is -2.01. The molecule has 0 atom stereocenters. The van der Waals surface area contributed by atoms with Gasteiger partial charge in [0, 0.05) is 11.9 Å². The molecule has 88 valence electrons. The van der Waals surface area contributed by atoms with Crippen molar-refractivity contribution in [3.8, 4) is 0 Å². The minimum absolute atomic E-state index is 0.00889. The molecule has 0 aliphatic carbocycles. The molecule has 0 unspecified atom stereocenters. The predicted molar refractivity (Wildman–Crippen MR) is 59.0 cm³/mol. The van der Waals surface area contributed by atoms with Gasteiger partial charge in [0.2, 0.25) is 0 Å². The summed E-state index contributed by atoms with van der Waals surface area (Å²) in [6, 6.07) is 3.25. The van der Waals surface area contributed by atoms with Gasteiger partial charge in [-0.1, -0.05) is 0 Å². The van der Waals surface area contributed by atoms with Crippen molar-refractivity contribution < 1.29 is 14.7 Å². The standard InChI is InChI=1S/C10H10N4O3/c1-5-7(10(16)17)8(14-13-5)12-9(15)6-3-2-4-11-6/h2-4,11H,1H3,(H,16,17)(H2,12,13,14,15). The number of carboxylic acids is 1. The van der Waals surface area contributed by atoms with Crippen LogP contribution in [0.2, 0.25) is 0 Å². The Morgan fingerprint density at radius 1 is 1.47 bits per heavy atom. The van der Waals surface area contributed by atoms with Gasteiger partial charge in [0.15, 0.2) is 5.82 Å². The van der Waals surface area contributed by atoms with E-state index < -0.39 is 11.9 Å². The fourth-order valence-electron chi connectivity index (χ4n) is 1.43. The van der Waals surface area contributed by atoms with Crippen LogP contribution < -0.4 is 5.32 Å². The monoisotopic (exact) mass is 234 g/mol. The molecule has 0 fully saturated rings. The number of hydrogen-bond acceptors (Lipinski definition) is 3. The first kappa shape index (κ1) is 10.9. The lowest BCUT2D eigenvalue weighted by atomic mass is 10.2. The molecule has 0 aromatic carbocycles. The molecule has 0 radical (unpaired) electrons. The number of rotatable bonds is 3. The molecule has 0 aliphatic heterocycles. The Morgan fingerprint density at radius 2 is 2.24 bits per heavy atom. The average Bonchev–Trinajstić information content (AvgIpc) is 2.87. The topological polar surface area (TPSA) is 111 Å². The highest BCUT2D eigenvalue weighted by molar-refractivity contribution is 6.06. The highest BCUT2D eigenvalue weighted by Gasteiger charge is 2.19. The smallest absolute Gasteiger partial charge is 0.341 e. The van der Waals surface area contributed by atoms with E-state index in [4.69, 9.17) is 5.11 Å². The van der Waals surface area contributed by atoms with Gasteiger partial charge in [0.1, 0.15) is 11.3 Å². The van der Waals surface area contributed by atoms with Crippen LogP contribution in [0.4, 0.5) is 5.82 Å². The van der Waals surface area contributed by atoms with E-state index >= 15 is 0 Å². The average molecular weight is 234 g/mol. The van der Waals surface area contributed by atoms with Crippen molar-refractivity contribution in [1.29, 1.82) is 0 Å². The number of amides is 1. The number of H-pyrrole nitrogens is 2. The third kappa shape index (κ3) is 2.03. The third-order valence-corrected chi connectivity index (χ3v) is 2.24. The maximum Gasteiger partial charge on any atom is 0.341 e. The van der Waals surface area contributed by atoms with Gasteiger partial charge in [-0.3, -0.25) is 9.89 Å². The normalized spacial score (nSPS) is 10.2. The van der Waals surface area contributed by atoms with Crippen LogP contribution in [0, 0.1) is 6.92 Å². The number of carboxylic acid groups (broad SMARTS) is 1. The second-order valence-electron chi connectivity index (χ2n) is 3.42. The van der Waals surface area contributed by atoms with Gasteiger partial charge < -0.3 is 15.4 Å². The number of anilines is 1. The van der Waals surface area contributed by atoms with Gasteiger partial charge >= 0.3 is 5.97 Å². The molecule has 0 bridgehead atoms. The first-order valence-corrected chi connectivity index (χ1v) is 4.82. The number of carbonyl (C=O) groups is 2. The molecular weight excluding hydrogens is 224 g/mol. The minimum atomic E-state index is -1.14. The van der Waals surface area contributed by atoms with Crippen LogP contribution >= 0.6 is 0 Å². The van der Waals surface area contributed by atoms with Crippen LogP contribution in [0.25, 0.3) is 0 Å². The molecule has 2 heterocycles. The van der Waals surface area contributed by atoms with Crippen molar-refractivity contribution in [2.45, 2.75) is 6.92 Å². The van der Waals surface area contributed by atoms with E-state index in [0.29, 0.717) is 11.4 Å². The summed E-state index contributed by atoms with van der Waals surface area (Å²) in [6.45, 7) is 1.57. The van der Waals surface area contributed by atoms with Gasteiger partial charge in [-0.2, -0.15) is 5.10 Å². The van der Waals surface area contributed by atoms with Crippen molar-refractivity contribution in [2.75, 3.05) is 5.32 Å². The molecule has 7 nitrogen and oxygen atoms in total. The number of carbonyl (C=O) groups excluding carboxylic acids is 1. The van der Waals surface area contributed by atoms with Crippen LogP contribution in [0.3, 0.4) is 0 Å². The van der Waals surface area contributed by atoms with Crippen molar-refractivity contribution in [3.63, 3.8) is 0 Å². The van der Waals surface area contributed by atoms with Gasteiger partial charge in [-0.15, -0.1) is 0 Å². The second-order valence-corrected chi connectivity index (χ2v) is 3.42. The molecule has 2 rings (SSSR count). The molecule has 0 spiro atoms. The Morgan fingerprint density at radius 3 is 2.82 bits per heavy atom. The van der Waals surface area contributed by atoms with Gasteiger partial charge in [0.05, 0.1) is 0 Å². The maximum absolute atomic E-state index is 11.7. The van der Waals surface area contributed by atoms with Crippen molar-refractivity contribution in [3.05, 3.63) is 35.3 Å². The van der Waals surface area contributed by atoms with E-state index in [1.165, 1.54) is 0 Å². The number of aromatic amines is 2. The summed E-state index contributed by atoms with van der Waals surface area (Å²) < 4.78 is 0. The van der Waals surface area contributed by atoms with E-state index in [-0.39, 0.29) is 11.4 Å². The van der Waals surface area contributed by atoms with E-state index in [9.17, 15) is 9.59 Å². The van der Waals surface area contributed by atoms with Gasteiger partial charge in [0.25, 0.3) is 5.91 Å². The summed E-state index contributed by atoms with van der Waals surface area (Å²) in [6.07, 6.45) is 1.60. The Balaban J connectivity index is 2.25. The molecule has 2 aromatic heterocycles. The molecule has 0 aliphatic rings. The number of nitrogens with one attached hydrogen (secondary N) is 3. The van der Waals surface area contributed by atoms with E-state index in [1.54, 1.807) is 25.3 Å². The number of aryl methyl sites for hydroxylation is 1. The summed E-state index contributed by atoms with van der Waals surface area (Å²) in [7, 11) is 0. The summed E-state index contributed by atoms with van der Waals surface area (Å²) in [5, 5.41) is 17.6. The zero-order valence-corrected chi connectivity index (χ0v) is 8.94. The maximum atomic E-state index is 11.7. The molecule has 17 heavy (non-hydrogen) atoms. The number of nitrogens with zero attached hydrogens (tertiary/aromatic N) is 1. The van der Waals surface area contributed by atoms with E-state index in [1.807, 2.05) is 0 Å². The molecule has 4 N–H and O–H groups in total. The Bertz CT molecular complexity index is 556. The van der Waals surface area contributed by atoms with Crippen molar-refractivity contribution in [1.82, 2.24) is 15.2 Å². The molecule has 7 heteroatoms. The lowest BCUT2D eigenvalue weighted by Crippen LogP contribution is -2.15. The number of hydrogen-bond donors (Lipinski definition) is 4. The van der Waals surface area contributed by atoms with Gasteiger partial charge in [-0.05, 0) is 19.1 Å². The van der Waals surface area contributed by atoms with Crippen LogP contribution in [0.5, 0.6) is 0 Å². The quantitative estimate of drug-likeness (QED) is 0.634. The highest BCUT2D eigenvalue weighted by Crippen LogP contribution is 2.16. The predicted octanol–water partition coefficient (Wildman–Crippen LogP) is 0.997. The largest absolute Gasteiger partial charge is 0.477 e. The molecule has 2 aromatic rings. The summed E-state index contributed by atoms with van der Waals surface area (Å²) >= 11 is 0. The summed E-state index contributed by atoms with van der Waals surface area (Å²) in [5.74, 6) is -1.57. The first-order chi connectivity index (χ1) is 8.09. The molecule has 1 amide bonds. The van der Waals surface area contributed by atoms with Crippen molar-refractivity contribution >= 4 is 17.7 Å². The Hall–Kier alpha value is -2.57. The van der Waals surface area contributed by atoms with Crippen molar-refractivity contribution in [2.24, 2.45) is 0 Å². The Labute approximate surface area is 95.9 Å². The second kappa shape index (κ2) is 4.12. The highest BCUT2D eigenvalue weighted by atomic mass is 16.4. The first-order valence-electron chi connectivity index (χ1n) is 4.82. The SMILES string of the molecule is Cc1[nH]nc(NC(=O)c2ccc[nH]2)c1C(=O)O. The van der Waals surface area contributed by atoms with Crippen LogP contribution in [-0.2, 0) is 0 Å². The fraction of sp³-hybridized carbons (Fsp3) is 0.100. The number of aromatic nitrogens is 3. The van der Waals surface area contributed by atoms with Crippen LogP contribution in [0.1, 0.15) is 26.5 Å². The molecule has 0 saturated heterocycles. The summed E-state index contributed by atoms with van der Waals surface area (Å²) in [5.41, 5.74) is 0.686. The zero-order valence-electron chi connectivity index (χ0n) is 8.94. The fourth-order valence-corrected chi connectivity index (χ4v) is 1.43. The third-order valence-electron chi connectivity index (χ3n) is 2.24. The van der Waals surface area contributed by atoms with Crippen LogP contribution in [-0.4, -0.2) is 32.2 Å². The molecule has 0 saturated carbocycles.